The Morgan fingerprint density at radius 1 is 1.86 bits per heavy atom. The zero-order valence-corrected chi connectivity index (χ0v) is 4.99. The van der Waals surface area contributed by atoms with Crippen molar-refractivity contribution in [1.82, 2.24) is 0 Å². The van der Waals surface area contributed by atoms with Gasteiger partial charge in [-0.3, -0.25) is 0 Å². The predicted octanol–water partition coefficient (Wildman–Crippen LogP) is -1.07. The van der Waals surface area contributed by atoms with Crippen molar-refractivity contribution < 1.29 is 12.7 Å². The Balaban J connectivity index is 2.14. The monoisotopic (exact) mass is 117 g/mol. The normalized spacial score (nSPS) is 30.1. The van der Waals surface area contributed by atoms with Gasteiger partial charge in [-0.25, -0.2) is 0 Å². The molecule has 0 aliphatic carbocycles. The van der Waals surface area contributed by atoms with Gasteiger partial charge >= 0.3 is 15.9 Å². The fourth-order valence-electron chi connectivity index (χ4n) is 0.399. The van der Waals surface area contributed by atoms with Crippen molar-refractivity contribution in [3.63, 3.8) is 0 Å². The van der Waals surface area contributed by atoms with Gasteiger partial charge in [-0.05, 0) is 0 Å². The Hall–Kier alpha value is 0.412. The largest absolute Gasteiger partial charge is 0.668 e. The van der Waals surface area contributed by atoms with Gasteiger partial charge in [0.25, 0.3) is 0 Å². The van der Waals surface area contributed by atoms with Crippen molar-refractivity contribution in [3.05, 3.63) is 0 Å². The van der Waals surface area contributed by atoms with E-state index in [1.54, 1.807) is 0 Å². The first-order chi connectivity index (χ1) is 3.43. The van der Waals surface area contributed by atoms with Crippen molar-refractivity contribution >= 4 is 15.9 Å². The minimum absolute atomic E-state index is 0.0324. The van der Waals surface area contributed by atoms with E-state index in [0.717, 1.165) is 0 Å². The van der Waals surface area contributed by atoms with Gasteiger partial charge in [0.2, 0.25) is 0 Å². The second kappa shape index (κ2) is 2.65. The van der Waals surface area contributed by atoms with Gasteiger partial charge < -0.3 is 12.7 Å². The van der Waals surface area contributed by atoms with E-state index in [4.69, 9.17) is 12.7 Å². The number of hydrogen-bond donors (Lipinski definition) is 1. The number of rotatable bonds is 1. The van der Waals surface area contributed by atoms with Crippen LogP contribution in [0.15, 0.2) is 0 Å². The lowest BCUT2D eigenvalue weighted by Gasteiger charge is -2.01. The van der Waals surface area contributed by atoms with Crippen LogP contribution in [-0.2, 0) is 7.58 Å². The summed E-state index contributed by atoms with van der Waals surface area (Å²) >= 11 is -0.270. The lowest BCUT2D eigenvalue weighted by Crippen LogP contribution is -2.13. The maximum atomic E-state index is 8.37. The molecule has 0 bridgehead atoms. The van der Waals surface area contributed by atoms with Crippen molar-refractivity contribution in [1.29, 1.82) is 0 Å². The van der Waals surface area contributed by atoms with Crippen LogP contribution < -0.4 is 0 Å². The van der Waals surface area contributed by atoms with Crippen molar-refractivity contribution in [2.75, 3.05) is 13.2 Å². The minimum atomic E-state index is -0.270. The van der Waals surface area contributed by atoms with Gasteiger partial charge in [-0.2, -0.15) is 0 Å². The van der Waals surface area contributed by atoms with Gasteiger partial charge in [0.15, 0.2) is 0 Å². The summed E-state index contributed by atoms with van der Waals surface area (Å²) in [6.07, 6.45) is -0.0324. The van der Waals surface area contributed by atoms with Crippen LogP contribution in [-0.4, -0.2) is 40.3 Å². The first-order valence-corrected chi connectivity index (χ1v) is 3.07. The second-order valence-corrected chi connectivity index (χ2v) is 2.17. The first kappa shape index (κ1) is 5.55. The summed E-state index contributed by atoms with van der Waals surface area (Å²) in [6.45, 7) is 0.666. The summed E-state index contributed by atoms with van der Waals surface area (Å²) < 4.78 is 9.76. The Kier molecular flexibility index (Phi) is 2.10. The van der Waals surface area contributed by atoms with Crippen LogP contribution in [0.3, 0.4) is 0 Å². The molecule has 0 aromatic heterocycles. The van der Waals surface area contributed by atoms with Crippen molar-refractivity contribution in [2.45, 2.75) is 6.10 Å². The van der Waals surface area contributed by atoms with Crippen LogP contribution in [0, 0.1) is 0 Å². The van der Waals surface area contributed by atoms with Gasteiger partial charge in [0.05, 0.1) is 12.7 Å². The number of aliphatic hydroxyl groups is 1. The molecule has 1 aliphatic heterocycles. The fourth-order valence-corrected chi connectivity index (χ4v) is 1.09. The molecule has 0 spiro atoms. The maximum Gasteiger partial charge on any atom is 0.668 e. The highest BCUT2D eigenvalue weighted by atomic mass is 27.2. The zero-order chi connectivity index (χ0) is 5.11. The molecule has 1 rings (SSSR count). The van der Waals surface area contributed by atoms with Crippen molar-refractivity contribution in [2.24, 2.45) is 0 Å². The predicted molar refractivity (Wildman–Crippen MR) is 23.7 cm³/mol. The van der Waals surface area contributed by atoms with Gasteiger partial charge in [-0.15, -0.1) is 0 Å². The van der Waals surface area contributed by atoms with Gasteiger partial charge in [-0.1, -0.05) is 0 Å². The smallest absolute Gasteiger partial charge is 0.482 e. The average Bonchev–Trinajstić information content (AvgIpc) is 2.14. The topological polar surface area (TPSA) is 38.7 Å². The van der Waals surface area contributed by atoms with E-state index in [1.165, 1.54) is 0 Å². The van der Waals surface area contributed by atoms with E-state index in [1.807, 2.05) is 0 Å². The van der Waals surface area contributed by atoms with E-state index in [9.17, 15) is 0 Å². The summed E-state index contributed by atoms with van der Waals surface area (Å²) in [7, 11) is 0. The van der Waals surface area contributed by atoms with Crippen LogP contribution in [0.1, 0.15) is 0 Å². The summed E-state index contributed by atoms with van der Waals surface area (Å²) in [5, 5.41) is 8.37. The minimum Gasteiger partial charge on any atom is -0.482 e. The molecule has 0 aromatic rings. The van der Waals surface area contributed by atoms with Crippen LogP contribution >= 0.6 is 0 Å². The zero-order valence-electron chi connectivity index (χ0n) is 3.83. The molecule has 39 valence electrons. The maximum absolute atomic E-state index is 8.37. The fraction of sp³-hybridized carbons (Fsp3) is 1.00. The van der Waals surface area contributed by atoms with E-state index in [2.05, 4.69) is 0 Å². The molecule has 4 heteroatoms. The molecular formula is C3H6AlO3. The molecule has 1 heterocycles. The molecule has 0 saturated carbocycles. The number of aliphatic hydroxyl groups excluding tert-OH is 1. The highest BCUT2D eigenvalue weighted by Crippen LogP contribution is 1.97. The van der Waals surface area contributed by atoms with Gasteiger partial charge in [0.1, 0.15) is 0 Å². The Bertz CT molecular complexity index is 52.1. The van der Waals surface area contributed by atoms with Crippen LogP contribution in [0.2, 0.25) is 0 Å². The summed E-state index contributed by atoms with van der Waals surface area (Å²) in [5.74, 6) is 0. The highest BCUT2D eigenvalue weighted by molar-refractivity contribution is 6.18. The molecule has 1 aliphatic rings. The molecule has 0 aromatic carbocycles. The molecule has 1 radical (unpaired) electrons. The van der Waals surface area contributed by atoms with E-state index < -0.39 is 0 Å². The Morgan fingerprint density at radius 3 is 3.00 bits per heavy atom. The SMILES string of the molecule is OCC1C[O][Al][O]1. The lowest BCUT2D eigenvalue weighted by atomic mass is 10.4. The van der Waals surface area contributed by atoms with Crippen molar-refractivity contribution in [3.8, 4) is 0 Å². The summed E-state index contributed by atoms with van der Waals surface area (Å²) in [4.78, 5) is 0. The third-order valence-electron chi connectivity index (χ3n) is 0.802. The van der Waals surface area contributed by atoms with Crippen LogP contribution in [0.5, 0.6) is 0 Å². The van der Waals surface area contributed by atoms with E-state index >= 15 is 0 Å². The molecule has 1 fully saturated rings. The second-order valence-electron chi connectivity index (χ2n) is 1.37. The lowest BCUT2D eigenvalue weighted by molar-refractivity contribution is 0.135. The molecule has 1 unspecified atom stereocenters. The average molecular weight is 117 g/mol. The summed E-state index contributed by atoms with van der Waals surface area (Å²) in [5.41, 5.74) is 0. The number of hydrogen-bond acceptors (Lipinski definition) is 3. The van der Waals surface area contributed by atoms with E-state index in [0.29, 0.717) is 6.61 Å². The quantitative estimate of drug-likeness (QED) is 0.444. The Labute approximate surface area is 48.6 Å². The molecule has 7 heavy (non-hydrogen) atoms. The molecular weight excluding hydrogens is 111 g/mol. The summed E-state index contributed by atoms with van der Waals surface area (Å²) in [6, 6.07) is 0. The third-order valence-corrected chi connectivity index (χ3v) is 1.63. The molecule has 0 amide bonds. The van der Waals surface area contributed by atoms with Crippen LogP contribution in [0.4, 0.5) is 0 Å². The van der Waals surface area contributed by atoms with Crippen LogP contribution in [0.25, 0.3) is 0 Å². The third kappa shape index (κ3) is 1.41. The molecule has 1 atom stereocenters. The first-order valence-electron chi connectivity index (χ1n) is 2.13. The highest BCUT2D eigenvalue weighted by Gasteiger charge is 2.16. The standard InChI is InChI=1S/C3H6O3.Al/c4-1-3(6)2-5;/h3-4H,1-2H2;/q-2;+2. The van der Waals surface area contributed by atoms with E-state index in [-0.39, 0.29) is 28.6 Å². The Morgan fingerprint density at radius 2 is 2.71 bits per heavy atom. The molecule has 3 nitrogen and oxygen atoms in total. The van der Waals surface area contributed by atoms with Gasteiger partial charge in [0, 0.05) is 6.61 Å². The molecule has 1 saturated heterocycles. The molecule has 1 N–H and O–H groups in total.